The van der Waals surface area contributed by atoms with Gasteiger partial charge in [0.15, 0.2) is 0 Å². The molecule has 2 aromatic rings. The molecule has 0 aliphatic carbocycles. The van der Waals surface area contributed by atoms with Crippen LogP contribution in [0.3, 0.4) is 0 Å². The van der Waals surface area contributed by atoms with Gasteiger partial charge >= 0.3 is 0 Å². The third-order valence-corrected chi connectivity index (χ3v) is 3.07. The topological polar surface area (TPSA) is 9.23 Å². The van der Waals surface area contributed by atoms with Crippen LogP contribution in [0.2, 0.25) is 0 Å². The highest BCUT2D eigenvalue weighted by molar-refractivity contribution is 5.79. The molecule has 0 amide bonds. The first-order valence-electron chi connectivity index (χ1n) is 6.72. The monoisotopic (exact) mass is 252 g/mol. The van der Waals surface area contributed by atoms with Gasteiger partial charge in [-0.3, -0.25) is 0 Å². The first-order valence-corrected chi connectivity index (χ1v) is 6.72. The second-order valence-electron chi connectivity index (χ2n) is 4.48. The summed E-state index contributed by atoms with van der Waals surface area (Å²) in [5.41, 5.74) is 3.84. The van der Waals surface area contributed by atoms with E-state index in [-0.39, 0.29) is 0 Å². The Balaban J connectivity index is 2.24. The largest absolute Gasteiger partial charge is 0.385 e. The van der Waals surface area contributed by atoms with Crippen LogP contribution in [0, 0.1) is 0 Å². The summed E-state index contributed by atoms with van der Waals surface area (Å²) in [4.78, 5) is 0. The van der Waals surface area contributed by atoms with Crippen LogP contribution in [0.4, 0.5) is 0 Å². The highest BCUT2D eigenvalue weighted by Crippen LogP contribution is 2.23. The van der Waals surface area contributed by atoms with Crippen molar-refractivity contribution in [2.75, 3.05) is 13.7 Å². The number of benzene rings is 2. The van der Waals surface area contributed by atoms with E-state index in [1.165, 1.54) is 16.7 Å². The van der Waals surface area contributed by atoms with Crippen molar-refractivity contribution in [3.63, 3.8) is 0 Å². The van der Waals surface area contributed by atoms with Gasteiger partial charge in [0.1, 0.15) is 0 Å². The normalized spacial score (nSPS) is 10.2. The molecule has 2 aromatic carbocycles. The van der Waals surface area contributed by atoms with Crippen molar-refractivity contribution in [1.82, 2.24) is 0 Å². The van der Waals surface area contributed by atoms with Crippen LogP contribution in [0.5, 0.6) is 0 Å². The minimum absolute atomic E-state index is 0.813. The van der Waals surface area contributed by atoms with Crippen LogP contribution < -0.4 is 0 Å². The minimum atomic E-state index is 0.813. The maximum atomic E-state index is 5.11. The number of hydrogen-bond donors (Lipinski definition) is 0. The Morgan fingerprint density at radius 1 is 0.895 bits per heavy atom. The SMILES string of the molecule is COCCCC=C(c1ccccc1)c1ccccc1. The van der Waals surface area contributed by atoms with Gasteiger partial charge in [0, 0.05) is 13.7 Å². The first-order chi connectivity index (χ1) is 9.42. The number of allylic oxidation sites excluding steroid dienone is 1. The zero-order chi connectivity index (χ0) is 13.3. The molecule has 0 radical (unpaired) electrons. The number of ether oxygens (including phenoxy) is 1. The smallest absolute Gasteiger partial charge is 0.0465 e. The van der Waals surface area contributed by atoms with Gasteiger partial charge in [-0.1, -0.05) is 66.7 Å². The summed E-state index contributed by atoms with van der Waals surface area (Å²) in [6, 6.07) is 21.1. The molecule has 0 saturated carbocycles. The van der Waals surface area contributed by atoms with Crippen molar-refractivity contribution in [2.45, 2.75) is 12.8 Å². The minimum Gasteiger partial charge on any atom is -0.385 e. The second-order valence-corrected chi connectivity index (χ2v) is 4.48. The molecule has 0 N–H and O–H groups in total. The second kappa shape index (κ2) is 7.55. The number of rotatable bonds is 6. The average molecular weight is 252 g/mol. The van der Waals surface area contributed by atoms with Crippen LogP contribution in [0.1, 0.15) is 24.0 Å². The van der Waals surface area contributed by atoms with Gasteiger partial charge in [0.2, 0.25) is 0 Å². The Morgan fingerprint density at radius 2 is 1.42 bits per heavy atom. The molecule has 0 aliphatic heterocycles. The van der Waals surface area contributed by atoms with E-state index in [2.05, 4.69) is 66.7 Å². The van der Waals surface area contributed by atoms with E-state index in [0.29, 0.717) is 0 Å². The van der Waals surface area contributed by atoms with Crippen LogP contribution in [-0.4, -0.2) is 13.7 Å². The van der Waals surface area contributed by atoms with E-state index < -0.39 is 0 Å². The van der Waals surface area contributed by atoms with Crippen molar-refractivity contribution < 1.29 is 4.74 Å². The van der Waals surface area contributed by atoms with E-state index >= 15 is 0 Å². The van der Waals surface area contributed by atoms with Gasteiger partial charge in [-0.25, -0.2) is 0 Å². The molecule has 19 heavy (non-hydrogen) atoms. The molecule has 0 saturated heterocycles. The van der Waals surface area contributed by atoms with Gasteiger partial charge < -0.3 is 4.74 Å². The summed E-state index contributed by atoms with van der Waals surface area (Å²) in [5.74, 6) is 0. The lowest BCUT2D eigenvalue weighted by atomic mass is 9.97. The predicted molar refractivity (Wildman–Crippen MR) is 81.1 cm³/mol. The Kier molecular flexibility index (Phi) is 5.39. The zero-order valence-electron chi connectivity index (χ0n) is 11.4. The maximum absolute atomic E-state index is 5.11. The molecule has 1 nitrogen and oxygen atoms in total. The van der Waals surface area contributed by atoms with E-state index in [1.807, 2.05) is 0 Å². The molecule has 0 aromatic heterocycles. The van der Waals surface area contributed by atoms with Gasteiger partial charge in [0.25, 0.3) is 0 Å². The molecular formula is C18H20O. The van der Waals surface area contributed by atoms with E-state index in [9.17, 15) is 0 Å². The lowest BCUT2D eigenvalue weighted by molar-refractivity contribution is 0.196. The fourth-order valence-electron chi connectivity index (χ4n) is 2.11. The van der Waals surface area contributed by atoms with Crippen molar-refractivity contribution in [1.29, 1.82) is 0 Å². The maximum Gasteiger partial charge on any atom is 0.0465 e. The highest BCUT2D eigenvalue weighted by atomic mass is 16.5. The van der Waals surface area contributed by atoms with Gasteiger partial charge in [-0.15, -0.1) is 0 Å². The van der Waals surface area contributed by atoms with Gasteiger partial charge in [0.05, 0.1) is 0 Å². The number of methoxy groups -OCH3 is 1. The van der Waals surface area contributed by atoms with Crippen LogP contribution in [0.25, 0.3) is 5.57 Å². The zero-order valence-corrected chi connectivity index (χ0v) is 11.4. The first kappa shape index (κ1) is 13.6. The molecular weight excluding hydrogens is 232 g/mol. The Labute approximate surface area is 115 Å². The van der Waals surface area contributed by atoms with Crippen molar-refractivity contribution in [3.8, 4) is 0 Å². The van der Waals surface area contributed by atoms with E-state index in [0.717, 1.165) is 19.4 Å². The van der Waals surface area contributed by atoms with E-state index in [4.69, 9.17) is 4.74 Å². The fraction of sp³-hybridized carbons (Fsp3) is 0.222. The molecule has 0 unspecified atom stereocenters. The Morgan fingerprint density at radius 3 is 1.89 bits per heavy atom. The fourth-order valence-corrected chi connectivity index (χ4v) is 2.11. The standard InChI is InChI=1S/C18H20O/c1-19-15-9-8-14-18(16-10-4-2-5-11-16)17-12-6-3-7-13-17/h2-7,10-14H,8-9,15H2,1H3. The predicted octanol–water partition coefficient (Wildman–Crippen LogP) is 4.54. The molecule has 98 valence electrons. The molecule has 0 fully saturated rings. The van der Waals surface area contributed by atoms with Crippen LogP contribution in [0.15, 0.2) is 66.7 Å². The highest BCUT2D eigenvalue weighted by Gasteiger charge is 2.03. The summed E-state index contributed by atoms with van der Waals surface area (Å²) in [7, 11) is 1.75. The molecule has 0 heterocycles. The Bertz CT molecular complexity index is 458. The lowest BCUT2D eigenvalue weighted by Crippen LogP contribution is -1.90. The number of hydrogen-bond acceptors (Lipinski definition) is 1. The summed E-state index contributed by atoms with van der Waals surface area (Å²) < 4.78 is 5.11. The van der Waals surface area contributed by atoms with Crippen molar-refractivity contribution in [2.24, 2.45) is 0 Å². The molecule has 0 aliphatic rings. The molecule has 0 spiro atoms. The van der Waals surface area contributed by atoms with Gasteiger partial charge in [-0.05, 0) is 29.5 Å². The molecule has 1 heteroatoms. The van der Waals surface area contributed by atoms with Crippen molar-refractivity contribution >= 4 is 5.57 Å². The molecule has 0 bridgehead atoms. The third kappa shape index (κ3) is 4.08. The lowest BCUT2D eigenvalue weighted by Gasteiger charge is -2.08. The van der Waals surface area contributed by atoms with Gasteiger partial charge in [-0.2, -0.15) is 0 Å². The van der Waals surface area contributed by atoms with Crippen LogP contribution in [-0.2, 0) is 4.74 Å². The molecule has 2 rings (SSSR count). The third-order valence-electron chi connectivity index (χ3n) is 3.07. The summed E-state index contributed by atoms with van der Waals surface area (Å²) in [6.07, 6.45) is 4.40. The number of unbranched alkanes of at least 4 members (excludes halogenated alkanes) is 1. The average Bonchev–Trinajstić information content (AvgIpc) is 2.49. The van der Waals surface area contributed by atoms with Crippen molar-refractivity contribution in [3.05, 3.63) is 77.9 Å². The van der Waals surface area contributed by atoms with Crippen LogP contribution >= 0.6 is 0 Å². The molecule has 0 atom stereocenters. The summed E-state index contributed by atoms with van der Waals surface area (Å²) >= 11 is 0. The Hall–Kier alpha value is -1.86. The quantitative estimate of drug-likeness (QED) is 0.686. The van der Waals surface area contributed by atoms with E-state index in [1.54, 1.807) is 7.11 Å². The summed E-state index contributed by atoms with van der Waals surface area (Å²) in [5, 5.41) is 0. The summed E-state index contributed by atoms with van der Waals surface area (Å²) in [6.45, 7) is 0.813.